The summed E-state index contributed by atoms with van der Waals surface area (Å²) in [7, 11) is 2.84. The molecule has 0 aromatic carbocycles. The van der Waals surface area contributed by atoms with Gasteiger partial charge in [0.25, 0.3) is 23.3 Å². The van der Waals surface area contributed by atoms with Crippen LogP contribution in [0.3, 0.4) is 0 Å². The molecule has 1 saturated heterocycles. The van der Waals surface area contributed by atoms with Gasteiger partial charge < -0.3 is 30.5 Å². The second-order valence-electron chi connectivity index (χ2n) is 8.02. The van der Waals surface area contributed by atoms with Crippen LogP contribution in [-0.4, -0.2) is 69.3 Å². The highest BCUT2D eigenvalue weighted by Crippen LogP contribution is 2.40. The Labute approximate surface area is 218 Å². The zero-order valence-corrected chi connectivity index (χ0v) is 21.2. The summed E-state index contributed by atoms with van der Waals surface area (Å²) >= 11 is 2.47. The summed E-state index contributed by atoms with van der Waals surface area (Å²) in [4.78, 5) is 48.1. The van der Waals surface area contributed by atoms with Crippen molar-refractivity contribution in [2.45, 2.75) is 18.0 Å². The van der Waals surface area contributed by atoms with Gasteiger partial charge in [0.05, 0.1) is 18.8 Å². The number of rotatable bonds is 8. The zero-order valence-electron chi connectivity index (χ0n) is 19.6. The number of aromatic nitrogens is 3. The van der Waals surface area contributed by atoms with E-state index < -0.39 is 29.2 Å². The molecule has 2 aliphatic rings. The summed E-state index contributed by atoms with van der Waals surface area (Å²) in [6, 6.07) is 4.55. The fourth-order valence-electron chi connectivity index (χ4n) is 4.30. The van der Waals surface area contributed by atoms with Crippen molar-refractivity contribution >= 4 is 57.4 Å². The first-order valence-electron chi connectivity index (χ1n) is 10.9. The van der Waals surface area contributed by atoms with Crippen LogP contribution in [0.5, 0.6) is 5.88 Å². The van der Waals surface area contributed by atoms with E-state index >= 15 is 0 Å². The van der Waals surface area contributed by atoms with Gasteiger partial charge in [0.15, 0.2) is 10.8 Å². The number of imidazole rings is 1. The maximum absolute atomic E-state index is 13.1. The van der Waals surface area contributed by atoms with Gasteiger partial charge in [-0.25, -0.2) is 9.55 Å². The first-order valence-corrected chi connectivity index (χ1v) is 12.8. The number of hydrogen-bond donors (Lipinski definition) is 2. The topological polar surface area (TPSA) is 168 Å². The maximum atomic E-state index is 13.1. The normalized spacial score (nSPS) is 19.5. The Balaban J connectivity index is 1.38. The minimum absolute atomic E-state index is 0.147. The minimum Gasteiger partial charge on any atom is -0.543 e. The van der Waals surface area contributed by atoms with Crippen molar-refractivity contribution < 1.29 is 33.5 Å². The molecular weight excluding hydrogens is 522 g/mol. The first-order chi connectivity index (χ1) is 17.8. The van der Waals surface area contributed by atoms with E-state index in [2.05, 4.69) is 15.5 Å². The molecule has 2 atom stereocenters. The average Bonchev–Trinajstić information content (AvgIpc) is 3.51. The first kappa shape index (κ1) is 24.6. The van der Waals surface area contributed by atoms with E-state index in [1.165, 1.54) is 18.9 Å². The van der Waals surface area contributed by atoms with Crippen LogP contribution in [0.25, 0.3) is 5.65 Å². The van der Waals surface area contributed by atoms with Crippen LogP contribution in [0.4, 0.5) is 5.13 Å². The molecule has 0 aliphatic carbocycles. The van der Waals surface area contributed by atoms with E-state index in [0.29, 0.717) is 17.2 Å². The third-order valence-corrected chi connectivity index (χ3v) is 7.93. The van der Waals surface area contributed by atoms with Crippen LogP contribution in [0.1, 0.15) is 5.69 Å². The van der Waals surface area contributed by atoms with Crippen molar-refractivity contribution in [2.24, 2.45) is 5.16 Å². The smallest absolute Gasteiger partial charge is 0.289 e. The summed E-state index contributed by atoms with van der Waals surface area (Å²) in [5, 5.41) is 19.7. The number of amides is 2. The van der Waals surface area contributed by atoms with Crippen molar-refractivity contribution in [1.29, 1.82) is 0 Å². The summed E-state index contributed by atoms with van der Waals surface area (Å²) in [6.45, 7) is 0.226. The molecule has 3 aromatic heterocycles. The number of ether oxygens (including phenoxy) is 1. The van der Waals surface area contributed by atoms with Crippen molar-refractivity contribution in [3.63, 3.8) is 0 Å². The maximum Gasteiger partial charge on any atom is 0.289 e. The lowest BCUT2D eigenvalue weighted by Crippen LogP contribution is -2.71. The third kappa shape index (κ3) is 4.25. The zero-order chi connectivity index (χ0) is 26.3. The van der Waals surface area contributed by atoms with Crippen molar-refractivity contribution in [3.8, 4) is 5.88 Å². The number of thioether (sulfide) groups is 1. The van der Waals surface area contributed by atoms with E-state index in [-0.39, 0.29) is 28.8 Å². The van der Waals surface area contributed by atoms with Crippen LogP contribution in [0.15, 0.2) is 52.4 Å². The largest absolute Gasteiger partial charge is 0.543 e. The Morgan fingerprint density at radius 3 is 2.86 bits per heavy atom. The lowest BCUT2D eigenvalue weighted by molar-refractivity contribution is -0.520. The van der Waals surface area contributed by atoms with E-state index in [0.717, 1.165) is 21.9 Å². The SMILES string of the molecule is CO/N=C(\C(=O)N[C@@H]1C(=O)N2C(C(=O)[O-])=C(Cn3cc[n+]4c(OC)cccc34)CS[C@@H]12)c1csc(N)n1. The predicted octanol–water partition coefficient (Wildman–Crippen LogP) is -1.27. The number of nitrogens with one attached hydrogen (secondary N) is 1. The molecule has 0 bridgehead atoms. The van der Waals surface area contributed by atoms with Crippen LogP contribution in [0.2, 0.25) is 0 Å². The molecule has 13 nitrogen and oxygen atoms in total. The molecule has 0 spiro atoms. The van der Waals surface area contributed by atoms with Gasteiger partial charge in [0.1, 0.15) is 43.2 Å². The Kier molecular flexibility index (Phi) is 6.47. The van der Waals surface area contributed by atoms with Crippen molar-refractivity contribution in [1.82, 2.24) is 19.8 Å². The highest BCUT2D eigenvalue weighted by Gasteiger charge is 2.53. The second-order valence-corrected chi connectivity index (χ2v) is 10.0. The van der Waals surface area contributed by atoms with Gasteiger partial charge in [0, 0.05) is 28.8 Å². The number of aliphatic carboxylic acids is 1. The van der Waals surface area contributed by atoms with Gasteiger partial charge in [-0.3, -0.25) is 14.5 Å². The van der Waals surface area contributed by atoms with Gasteiger partial charge in [-0.15, -0.1) is 23.1 Å². The summed E-state index contributed by atoms with van der Waals surface area (Å²) in [5.74, 6) is -1.78. The van der Waals surface area contributed by atoms with Gasteiger partial charge in [-0.1, -0.05) is 5.16 Å². The Hall–Kier alpha value is -4.11. The number of anilines is 1. The highest BCUT2D eigenvalue weighted by atomic mass is 32.2. The monoisotopic (exact) mass is 543 g/mol. The number of nitrogens with zero attached hydrogens (tertiary/aromatic N) is 5. The Morgan fingerprint density at radius 1 is 1.38 bits per heavy atom. The van der Waals surface area contributed by atoms with E-state index in [1.54, 1.807) is 18.7 Å². The number of thiazole rings is 1. The number of fused-ring (bicyclic) bond motifs is 2. The quantitative estimate of drug-likeness (QED) is 0.152. The number of β-lactam (4-membered cyclic amide) rings is 1. The number of methoxy groups -OCH3 is 1. The summed E-state index contributed by atoms with van der Waals surface area (Å²) in [5.41, 5.74) is 6.81. The van der Waals surface area contributed by atoms with Crippen molar-refractivity contribution in [3.05, 3.63) is 52.9 Å². The fraction of sp³-hybridized carbons (Fsp3) is 0.273. The number of nitrogen functional groups attached to an aromatic ring is 1. The Bertz CT molecular complexity index is 1480. The van der Waals surface area contributed by atoms with Gasteiger partial charge >= 0.3 is 0 Å². The number of carboxylic acid groups (broad SMARTS) is 1. The number of oxime groups is 1. The number of carbonyl (C=O) groups is 3. The molecule has 15 heteroatoms. The van der Waals surface area contributed by atoms with Crippen LogP contribution in [-0.2, 0) is 25.8 Å². The number of nitrogens with two attached hydrogens (primary N) is 1. The third-order valence-electron chi connectivity index (χ3n) is 5.92. The minimum atomic E-state index is -1.46. The lowest BCUT2D eigenvalue weighted by Gasteiger charge is -2.50. The van der Waals surface area contributed by atoms with E-state index in [4.69, 9.17) is 15.3 Å². The lowest BCUT2D eigenvalue weighted by atomic mass is 10.0. The molecule has 3 aromatic rings. The summed E-state index contributed by atoms with van der Waals surface area (Å²) < 4.78 is 9.05. The average molecular weight is 544 g/mol. The molecule has 0 unspecified atom stereocenters. The van der Waals surface area contributed by atoms with Crippen molar-refractivity contribution in [2.75, 3.05) is 25.7 Å². The van der Waals surface area contributed by atoms with Gasteiger partial charge in [-0.05, 0) is 6.07 Å². The second kappa shape index (κ2) is 9.74. The van der Waals surface area contributed by atoms with Crippen LogP contribution in [0, 0.1) is 0 Å². The molecule has 1 fully saturated rings. The molecule has 0 saturated carbocycles. The molecule has 2 amide bonds. The van der Waals surface area contributed by atoms with Gasteiger partial charge in [0.2, 0.25) is 0 Å². The fourth-order valence-corrected chi connectivity index (χ4v) is 6.18. The standard InChI is InChI=1S/C22H21N7O6S2/c1-34-14-5-3-4-13-27(6-7-28(13)14)8-11-9-36-20-16(19(31)29(20)17(11)21(32)33)25-18(30)15(26-35-2)12-10-37-22(23)24-12/h3-7,10,16,20H,8-9H2,1-2H3,(H3-,23,24,25,30,32,33)/b26-15-/t16-,20+/m1/s1. The van der Waals surface area contributed by atoms with E-state index in [9.17, 15) is 19.5 Å². The van der Waals surface area contributed by atoms with Crippen LogP contribution >= 0.6 is 23.1 Å². The number of carbonyl (C=O) groups excluding carboxylic acids is 3. The number of pyridine rings is 1. The van der Waals surface area contributed by atoms with Gasteiger partial charge in [-0.2, -0.15) is 4.40 Å². The number of carboxylic acids is 1. The molecule has 5 rings (SSSR count). The number of hydrogen-bond acceptors (Lipinski definition) is 11. The molecule has 2 aliphatic heterocycles. The molecular formula is C22H21N7O6S2. The van der Waals surface area contributed by atoms with E-state index in [1.807, 2.05) is 33.4 Å². The molecule has 37 heavy (non-hydrogen) atoms. The highest BCUT2D eigenvalue weighted by molar-refractivity contribution is 8.00. The predicted molar refractivity (Wildman–Crippen MR) is 131 cm³/mol. The molecule has 0 radical (unpaired) electrons. The molecule has 3 N–H and O–H groups in total. The summed E-state index contributed by atoms with van der Waals surface area (Å²) in [6.07, 6.45) is 3.61. The van der Waals surface area contributed by atoms with Crippen LogP contribution < -0.4 is 25.3 Å². The molecule has 192 valence electrons. The Morgan fingerprint density at radius 2 is 2.19 bits per heavy atom. The molecule has 5 heterocycles.